The molecule has 1 fully saturated rings. The first-order valence-electron chi connectivity index (χ1n) is 7.41. The molecule has 0 bridgehead atoms. The van der Waals surface area contributed by atoms with Crippen molar-refractivity contribution in [2.45, 2.75) is 25.4 Å². The summed E-state index contributed by atoms with van der Waals surface area (Å²) in [6.07, 6.45) is 3.18. The first-order chi connectivity index (χ1) is 9.78. The van der Waals surface area contributed by atoms with E-state index in [1.807, 2.05) is 4.90 Å². The van der Waals surface area contributed by atoms with E-state index in [4.69, 9.17) is 4.74 Å². The normalized spacial score (nSPS) is 18.6. The molecule has 0 aromatic heterocycles. The summed E-state index contributed by atoms with van der Waals surface area (Å²) in [4.78, 5) is 16.3. The molecule has 1 amide bonds. The molecule has 0 saturated carbocycles. The summed E-state index contributed by atoms with van der Waals surface area (Å²) < 4.78 is 5.20. The number of para-hydroxylation sites is 1. The lowest BCUT2D eigenvalue weighted by atomic mass is 10.0. The van der Waals surface area contributed by atoms with E-state index in [0.29, 0.717) is 6.42 Å². The highest BCUT2D eigenvalue weighted by atomic mass is 16.5. The zero-order valence-electron chi connectivity index (χ0n) is 12.0. The minimum atomic E-state index is 0.245. The Labute approximate surface area is 120 Å². The minimum Gasteiger partial charge on any atom is -0.378 e. The number of anilines is 1. The number of hydrogen-bond donors (Lipinski definition) is 0. The van der Waals surface area contributed by atoms with Gasteiger partial charge < -0.3 is 14.5 Å². The monoisotopic (exact) mass is 274 g/mol. The first-order valence-corrected chi connectivity index (χ1v) is 7.41. The molecule has 0 spiro atoms. The van der Waals surface area contributed by atoms with E-state index in [1.54, 1.807) is 7.11 Å². The van der Waals surface area contributed by atoms with Crippen molar-refractivity contribution < 1.29 is 9.53 Å². The van der Waals surface area contributed by atoms with Crippen molar-refractivity contribution in [3.8, 4) is 0 Å². The molecule has 0 N–H and O–H groups in total. The SMILES string of the molecule is COC1CN(C(=O)CCN2CCCc3ccccc32)C1. The molecule has 4 nitrogen and oxygen atoms in total. The van der Waals surface area contributed by atoms with E-state index < -0.39 is 0 Å². The highest BCUT2D eigenvalue weighted by Crippen LogP contribution is 2.26. The van der Waals surface area contributed by atoms with Crippen LogP contribution in [0.25, 0.3) is 0 Å². The predicted octanol–water partition coefficient (Wildman–Crippen LogP) is 1.69. The van der Waals surface area contributed by atoms with Gasteiger partial charge in [0.05, 0.1) is 6.10 Å². The average molecular weight is 274 g/mol. The number of likely N-dealkylation sites (tertiary alicyclic amines) is 1. The maximum Gasteiger partial charge on any atom is 0.224 e. The summed E-state index contributed by atoms with van der Waals surface area (Å²) in [6.45, 7) is 3.40. The number of ether oxygens (including phenoxy) is 1. The Bertz CT molecular complexity index is 483. The van der Waals surface area contributed by atoms with Crippen LogP contribution in [0, 0.1) is 0 Å². The molecule has 3 rings (SSSR count). The van der Waals surface area contributed by atoms with Crippen LogP contribution in [0.4, 0.5) is 5.69 Å². The number of amides is 1. The molecule has 4 heteroatoms. The minimum absolute atomic E-state index is 0.245. The Morgan fingerprint density at radius 3 is 2.95 bits per heavy atom. The summed E-state index contributed by atoms with van der Waals surface area (Å²) >= 11 is 0. The van der Waals surface area contributed by atoms with E-state index in [2.05, 4.69) is 29.2 Å². The number of carbonyl (C=O) groups is 1. The van der Waals surface area contributed by atoms with Gasteiger partial charge in [0.1, 0.15) is 0 Å². The van der Waals surface area contributed by atoms with Crippen molar-refractivity contribution in [2.24, 2.45) is 0 Å². The number of hydrogen-bond acceptors (Lipinski definition) is 3. The summed E-state index contributed by atoms with van der Waals surface area (Å²) in [5, 5.41) is 0. The van der Waals surface area contributed by atoms with E-state index in [1.165, 1.54) is 17.7 Å². The number of fused-ring (bicyclic) bond motifs is 1. The van der Waals surface area contributed by atoms with Gasteiger partial charge in [0.25, 0.3) is 0 Å². The van der Waals surface area contributed by atoms with Crippen LogP contribution >= 0.6 is 0 Å². The molecule has 20 heavy (non-hydrogen) atoms. The van der Waals surface area contributed by atoms with Crippen molar-refractivity contribution in [3.63, 3.8) is 0 Å². The van der Waals surface area contributed by atoms with Crippen molar-refractivity contribution in [1.29, 1.82) is 0 Å². The maximum atomic E-state index is 12.1. The third-order valence-electron chi connectivity index (χ3n) is 4.34. The number of methoxy groups -OCH3 is 1. The molecule has 0 aliphatic carbocycles. The second-order valence-corrected chi connectivity index (χ2v) is 5.63. The van der Waals surface area contributed by atoms with Crippen molar-refractivity contribution >= 4 is 11.6 Å². The summed E-state index contributed by atoms with van der Waals surface area (Å²) in [5.74, 6) is 0.251. The lowest BCUT2D eigenvalue weighted by Gasteiger charge is -2.39. The van der Waals surface area contributed by atoms with Gasteiger partial charge in [-0.25, -0.2) is 0 Å². The van der Waals surface area contributed by atoms with Gasteiger partial charge in [-0.1, -0.05) is 18.2 Å². The second kappa shape index (κ2) is 5.83. The van der Waals surface area contributed by atoms with Crippen molar-refractivity contribution in [2.75, 3.05) is 38.2 Å². The first kappa shape index (κ1) is 13.4. The van der Waals surface area contributed by atoms with Crippen LogP contribution in [0.5, 0.6) is 0 Å². The van der Waals surface area contributed by atoms with Gasteiger partial charge in [-0.15, -0.1) is 0 Å². The third-order valence-corrected chi connectivity index (χ3v) is 4.34. The molecule has 1 saturated heterocycles. The second-order valence-electron chi connectivity index (χ2n) is 5.63. The molecule has 0 unspecified atom stereocenters. The molecule has 2 heterocycles. The molecule has 108 valence electrons. The molecule has 2 aliphatic rings. The van der Waals surface area contributed by atoms with E-state index in [0.717, 1.165) is 32.6 Å². The molecule has 1 aromatic rings. The van der Waals surface area contributed by atoms with Gasteiger partial charge in [-0.05, 0) is 24.5 Å². The highest BCUT2D eigenvalue weighted by Gasteiger charge is 2.30. The zero-order valence-corrected chi connectivity index (χ0v) is 12.0. The maximum absolute atomic E-state index is 12.1. The topological polar surface area (TPSA) is 32.8 Å². The molecule has 0 radical (unpaired) electrons. The van der Waals surface area contributed by atoms with E-state index in [-0.39, 0.29) is 12.0 Å². The summed E-state index contributed by atoms with van der Waals surface area (Å²) in [5.41, 5.74) is 2.72. The molecular weight excluding hydrogens is 252 g/mol. The fourth-order valence-corrected chi connectivity index (χ4v) is 3.02. The van der Waals surface area contributed by atoms with E-state index in [9.17, 15) is 4.79 Å². The van der Waals surface area contributed by atoms with Crippen molar-refractivity contribution in [3.05, 3.63) is 29.8 Å². The number of benzene rings is 1. The molecular formula is C16H22N2O2. The highest BCUT2D eigenvalue weighted by molar-refractivity contribution is 5.78. The van der Waals surface area contributed by atoms with Crippen LogP contribution in [-0.2, 0) is 16.0 Å². The molecule has 0 atom stereocenters. The van der Waals surface area contributed by atoms with Crippen LogP contribution in [-0.4, -0.2) is 50.2 Å². The van der Waals surface area contributed by atoms with Gasteiger partial charge >= 0.3 is 0 Å². The quantitative estimate of drug-likeness (QED) is 0.837. The van der Waals surface area contributed by atoms with Gasteiger partial charge in [0.15, 0.2) is 0 Å². The van der Waals surface area contributed by atoms with E-state index >= 15 is 0 Å². The standard InChI is InChI=1S/C16H22N2O2/c1-20-14-11-18(12-14)16(19)8-10-17-9-4-6-13-5-2-3-7-15(13)17/h2-3,5,7,14H,4,6,8-12H2,1H3. The summed E-state index contributed by atoms with van der Waals surface area (Å²) in [6, 6.07) is 8.54. The largest absolute Gasteiger partial charge is 0.378 e. The van der Waals surface area contributed by atoms with Gasteiger partial charge in [-0.3, -0.25) is 4.79 Å². The average Bonchev–Trinajstić information content (AvgIpc) is 2.44. The number of nitrogens with zero attached hydrogens (tertiary/aromatic N) is 2. The fourth-order valence-electron chi connectivity index (χ4n) is 3.02. The lowest BCUT2D eigenvalue weighted by molar-refractivity contribution is -0.142. The number of rotatable bonds is 4. The van der Waals surface area contributed by atoms with Crippen LogP contribution in [0.2, 0.25) is 0 Å². The lowest BCUT2D eigenvalue weighted by Crippen LogP contribution is -2.54. The van der Waals surface area contributed by atoms with Crippen LogP contribution < -0.4 is 4.90 Å². The third kappa shape index (κ3) is 2.66. The smallest absolute Gasteiger partial charge is 0.224 e. The zero-order chi connectivity index (χ0) is 13.9. The van der Waals surface area contributed by atoms with Gasteiger partial charge in [-0.2, -0.15) is 0 Å². The van der Waals surface area contributed by atoms with Crippen molar-refractivity contribution in [1.82, 2.24) is 4.90 Å². The Hall–Kier alpha value is -1.55. The van der Waals surface area contributed by atoms with Gasteiger partial charge in [0, 0.05) is 45.4 Å². The van der Waals surface area contributed by atoms with Crippen LogP contribution in [0.3, 0.4) is 0 Å². The van der Waals surface area contributed by atoms with Gasteiger partial charge in [0.2, 0.25) is 5.91 Å². The predicted molar refractivity (Wildman–Crippen MR) is 79.0 cm³/mol. The molecule has 2 aliphatic heterocycles. The van der Waals surface area contributed by atoms with Crippen LogP contribution in [0.15, 0.2) is 24.3 Å². The number of aryl methyl sites for hydroxylation is 1. The number of carbonyl (C=O) groups excluding carboxylic acids is 1. The fraction of sp³-hybridized carbons (Fsp3) is 0.562. The Kier molecular flexibility index (Phi) is 3.92. The Morgan fingerprint density at radius 1 is 1.35 bits per heavy atom. The van der Waals surface area contributed by atoms with Crippen LogP contribution in [0.1, 0.15) is 18.4 Å². The summed E-state index contributed by atoms with van der Waals surface area (Å²) in [7, 11) is 1.71. The Balaban J connectivity index is 1.53. The molecule has 1 aromatic carbocycles. The Morgan fingerprint density at radius 2 is 2.15 bits per heavy atom.